The van der Waals surface area contributed by atoms with Gasteiger partial charge < -0.3 is 11.1 Å². The quantitative estimate of drug-likeness (QED) is 0.680. The van der Waals surface area contributed by atoms with Crippen molar-refractivity contribution in [3.63, 3.8) is 0 Å². The lowest BCUT2D eigenvalue weighted by molar-refractivity contribution is -0.131. The molecule has 27 heavy (non-hydrogen) atoms. The first kappa shape index (κ1) is 23.9. The first-order valence-electron chi connectivity index (χ1n) is 9.47. The third kappa shape index (κ3) is 5.44. The fraction of sp³-hybridized carbons (Fsp3) is 0.632. The Labute approximate surface area is 169 Å². The van der Waals surface area contributed by atoms with Gasteiger partial charge >= 0.3 is 0 Å². The minimum atomic E-state index is -3.42. The number of hydrogen-bond acceptors (Lipinski definition) is 4. The molecule has 0 aliphatic carbocycles. The Morgan fingerprint density at radius 2 is 1.67 bits per heavy atom. The third-order valence-corrected chi connectivity index (χ3v) is 7.47. The van der Waals surface area contributed by atoms with Crippen LogP contribution in [0.15, 0.2) is 29.2 Å². The van der Waals surface area contributed by atoms with E-state index >= 15 is 0 Å². The molecule has 154 valence electrons. The minimum Gasteiger partial charge on any atom is -0.352 e. The summed E-state index contributed by atoms with van der Waals surface area (Å²) in [5.74, 6) is -0.0463. The van der Waals surface area contributed by atoms with E-state index in [4.69, 9.17) is 5.73 Å². The molecule has 0 spiro atoms. The number of benzene rings is 1. The van der Waals surface area contributed by atoms with E-state index in [1.165, 1.54) is 0 Å². The van der Waals surface area contributed by atoms with Crippen molar-refractivity contribution in [3.8, 4) is 0 Å². The molecule has 8 heteroatoms. The lowest BCUT2D eigenvalue weighted by Crippen LogP contribution is -2.45. The van der Waals surface area contributed by atoms with Gasteiger partial charge in [-0.05, 0) is 43.4 Å². The van der Waals surface area contributed by atoms with Gasteiger partial charge in [0, 0.05) is 26.2 Å². The van der Waals surface area contributed by atoms with Crippen LogP contribution >= 0.6 is 12.4 Å². The number of rotatable bonds is 8. The number of hydrogen-bond donors (Lipinski definition) is 2. The minimum absolute atomic E-state index is 0. The van der Waals surface area contributed by atoms with Gasteiger partial charge in [-0.2, -0.15) is 4.31 Å². The van der Waals surface area contributed by atoms with Crippen molar-refractivity contribution in [1.29, 1.82) is 0 Å². The number of piperidine rings is 1. The van der Waals surface area contributed by atoms with Crippen LogP contribution in [0.25, 0.3) is 0 Å². The van der Waals surface area contributed by atoms with E-state index in [9.17, 15) is 13.2 Å². The van der Waals surface area contributed by atoms with Gasteiger partial charge in [-0.1, -0.05) is 32.4 Å². The lowest BCUT2D eigenvalue weighted by Gasteiger charge is -2.28. The van der Waals surface area contributed by atoms with E-state index in [-0.39, 0.29) is 18.3 Å². The van der Waals surface area contributed by atoms with Crippen molar-refractivity contribution in [2.75, 3.05) is 19.6 Å². The first-order chi connectivity index (χ1) is 12.4. The molecule has 0 radical (unpaired) electrons. The smallest absolute Gasteiger partial charge is 0.243 e. The number of sulfonamides is 1. The Morgan fingerprint density at radius 1 is 1.11 bits per heavy atom. The van der Waals surface area contributed by atoms with Crippen molar-refractivity contribution in [2.45, 2.75) is 57.4 Å². The van der Waals surface area contributed by atoms with Gasteiger partial charge in [0.05, 0.1) is 10.3 Å². The highest BCUT2D eigenvalue weighted by Crippen LogP contribution is 2.25. The van der Waals surface area contributed by atoms with Crippen molar-refractivity contribution >= 4 is 28.3 Å². The molecule has 1 aliphatic heterocycles. The lowest BCUT2D eigenvalue weighted by atomic mass is 9.81. The highest BCUT2D eigenvalue weighted by atomic mass is 35.5. The summed E-state index contributed by atoms with van der Waals surface area (Å²) in [6, 6.07) is 6.78. The summed E-state index contributed by atoms with van der Waals surface area (Å²) >= 11 is 0. The number of halogens is 1. The predicted molar refractivity (Wildman–Crippen MR) is 110 cm³/mol. The Hall–Kier alpha value is -1.15. The number of carbonyl (C=O) groups excluding carboxylic acids is 1. The van der Waals surface area contributed by atoms with E-state index in [1.54, 1.807) is 28.6 Å². The maximum Gasteiger partial charge on any atom is 0.243 e. The second-order valence-corrected chi connectivity index (χ2v) is 8.92. The fourth-order valence-corrected chi connectivity index (χ4v) is 4.87. The molecule has 0 unspecified atom stereocenters. The molecular weight excluding hydrogens is 386 g/mol. The molecule has 1 aromatic rings. The summed E-state index contributed by atoms with van der Waals surface area (Å²) in [7, 11) is -3.42. The zero-order valence-electron chi connectivity index (χ0n) is 16.2. The average Bonchev–Trinajstić information content (AvgIpc) is 2.69. The number of nitrogens with one attached hydrogen (secondary N) is 1. The number of nitrogens with zero attached hydrogens (tertiary/aromatic N) is 1. The number of carbonyl (C=O) groups is 1. The van der Waals surface area contributed by atoms with Crippen LogP contribution in [-0.2, 0) is 21.4 Å². The molecule has 0 atom stereocenters. The summed E-state index contributed by atoms with van der Waals surface area (Å²) in [5.41, 5.74) is 6.14. The topological polar surface area (TPSA) is 92.5 Å². The SMILES string of the molecule is CCC(CC)(CN)C(=O)NCc1ccc(S(=O)(=O)N2CCCCC2)cc1.Cl. The predicted octanol–water partition coefficient (Wildman–Crippen LogP) is 2.66. The van der Waals surface area contributed by atoms with Crippen LogP contribution in [0.3, 0.4) is 0 Å². The Kier molecular flexibility index (Phi) is 9.21. The monoisotopic (exact) mass is 417 g/mol. The summed E-state index contributed by atoms with van der Waals surface area (Å²) in [5, 5.41) is 2.94. The van der Waals surface area contributed by atoms with Gasteiger partial charge in [0.15, 0.2) is 0 Å². The molecule has 0 aromatic heterocycles. The van der Waals surface area contributed by atoms with Gasteiger partial charge in [0.1, 0.15) is 0 Å². The van der Waals surface area contributed by atoms with Gasteiger partial charge in [-0.3, -0.25) is 4.79 Å². The van der Waals surface area contributed by atoms with Crippen LogP contribution in [0.4, 0.5) is 0 Å². The molecule has 1 saturated heterocycles. The molecule has 6 nitrogen and oxygen atoms in total. The van der Waals surface area contributed by atoms with E-state index in [1.807, 2.05) is 13.8 Å². The highest BCUT2D eigenvalue weighted by Gasteiger charge is 2.33. The molecule has 1 heterocycles. The Morgan fingerprint density at radius 3 is 2.15 bits per heavy atom. The maximum atomic E-state index is 12.7. The molecule has 1 amide bonds. The molecular formula is C19H32ClN3O3S. The molecule has 3 N–H and O–H groups in total. The molecule has 0 bridgehead atoms. The van der Waals surface area contributed by atoms with E-state index in [0.717, 1.165) is 24.8 Å². The van der Waals surface area contributed by atoms with Crippen LogP contribution < -0.4 is 11.1 Å². The Bertz CT molecular complexity index is 689. The number of nitrogens with two attached hydrogens (primary N) is 1. The summed E-state index contributed by atoms with van der Waals surface area (Å²) in [6.45, 7) is 5.81. The van der Waals surface area contributed by atoms with E-state index < -0.39 is 15.4 Å². The van der Waals surface area contributed by atoms with Gasteiger partial charge in [0.2, 0.25) is 15.9 Å². The van der Waals surface area contributed by atoms with Crippen molar-refractivity contribution in [3.05, 3.63) is 29.8 Å². The average molecular weight is 418 g/mol. The fourth-order valence-electron chi connectivity index (χ4n) is 3.36. The third-order valence-electron chi connectivity index (χ3n) is 5.56. The van der Waals surface area contributed by atoms with E-state index in [0.29, 0.717) is 43.9 Å². The van der Waals surface area contributed by atoms with Gasteiger partial charge in [-0.15, -0.1) is 12.4 Å². The van der Waals surface area contributed by atoms with Crippen LogP contribution in [0.5, 0.6) is 0 Å². The van der Waals surface area contributed by atoms with Gasteiger partial charge in [-0.25, -0.2) is 8.42 Å². The Balaban J connectivity index is 0.00000364. The van der Waals surface area contributed by atoms with Crippen LogP contribution in [-0.4, -0.2) is 38.3 Å². The second-order valence-electron chi connectivity index (χ2n) is 6.98. The first-order valence-corrected chi connectivity index (χ1v) is 10.9. The van der Waals surface area contributed by atoms with Crippen molar-refractivity contribution < 1.29 is 13.2 Å². The summed E-state index contributed by atoms with van der Waals surface area (Å²) < 4.78 is 26.9. The summed E-state index contributed by atoms with van der Waals surface area (Å²) in [4.78, 5) is 12.8. The summed E-state index contributed by atoms with van der Waals surface area (Å²) in [6.07, 6.45) is 4.31. The van der Waals surface area contributed by atoms with E-state index in [2.05, 4.69) is 5.32 Å². The molecule has 2 rings (SSSR count). The molecule has 0 saturated carbocycles. The van der Waals surface area contributed by atoms with Crippen LogP contribution in [0.2, 0.25) is 0 Å². The molecule has 1 fully saturated rings. The van der Waals surface area contributed by atoms with Crippen LogP contribution in [0.1, 0.15) is 51.5 Å². The number of amides is 1. The molecule has 1 aromatic carbocycles. The highest BCUT2D eigenvalue weighted by molar-refractivity contribution is 7.89. The van der Waals surface area contributed by atoms with Gasteiger partial charge in [0.25, 0.3) is 0 Å². The molecule has 1 aliphatic rings. The zero-order chi connectivity index (χ0) is 19.2. The normalized spacial score (nSPS) is 15.8. The van der Waals surface area contributed by atoms with Crippen LogP contribution in [0, 0.1) is 5.41 Å². The van der Waals surface area contributed by atoms with Crippen molar-refractivity contribution in [2.24, 2.45) is 11.1 Å². The largest absolute Gasteiger partial charge is 0.352 e. The maximum absolute atomic E-state index is 12.7. The zero-order valence-corrected chi connectivity index (χ0v) is 17.9. The standard InChI is InChI=1S/C19H31N3O3S.ClH/c1-3-19(4-2,15-20)18(23)21-14-16-8-10-17(11-9-16)26(24,25)22-12-6-5-7-13-22;/h8-11H,3-7,12-15,20H2,1-2H3,(H,21,23);1H. The van der Waals surface area contributed by atoms with Crippen molar-refractivity contribution in [1.82, 2.24) is 9.62 Å². The second kappa shape index (κ2) is 10.4.